The molecule has 1 aromatic carbocycles. The molecule has 1 aliphatic carbocycles. The minimum Gasteiger partial charge on any atom is -0.361 e. The number of hydrogen-bond donors (Lipinski definition) is 1. The summed E-state index contributed by atoms with van der Waals surface area (Å²) in [6, 6.07) is 6.09. The molecule has 0 amide bonds. The van der Waals surface area contributed by atoms with Crippen molar-refractivity contribution in [2.24, 2.45) is 0 Å². The summed E-state index contributed by atoms with van der Waals surface area (Å²) in [7, 11) is 0. The van der Waals surface area contributed by atoms with Crippen LogP contribution < -0.4 is 5.32 Å². The number of hydrogen-bond acceptors (Lipinski definition) is 2. The molecule has 84 valence electrons. The highest BCUT2D eigenvalue weighted by atomic mass is 19.1. The zero-order valence-electron chi connectivity index (χ0n) is 9.00. The molecule has 1 N–H and O–H groups in total. The van der Waals surface area contributed by atoms with Crippen molar-refractivity contribution >= 4 is 11.5 Å². The van der Waals surface area contributed by atoms with Gasteiger partial charge in [0.15, 0.2) is 5.78 Å². The maximum absolute atomic E-state index is 12.6. The minimum absolute atomic E-state index is 0.223. The molecule has 0 aliphatic heterocycles. The quantitative estimate of drug-likeness (QED) is 0.773. The SMILES string of the molecule is O=C1CCCC/C1=C\Nc1ccc(F)cc1. The Balaban J connectivity index is 2.02. The number of anilines is 1. The van der Waals surface area contributed by atoms with Crippen molar-refractivity contribution in [1.29, 1.82) is 0 Å². The van der Waals surface area contributed by atoms with Crippen molar-refractivity contribution < 1.29 is 9.18 Å². The largest absolute Gasteiger partial charge is 0.361 e. The van der Waals surface area contributed by atoms with E-state index in [0.717, 1.165) is 30.5 Å². The van der Waals surface area contributed by atoms with Crippen molar-refractivity contribution in [1.82, 2.24) is 0 Å². The summed E-state index contributed by atoms with van der Waals surface area (Å²) in [6.45, 7) is 0. The van der Waals surface area contributed by atoms with E-state index in [1.165, 1.54) is 12.1 Å². The predicted molar refractivity (Wildman–Crippen MR) is 61.6 cm³/mol. The second kappa shape index (κ2) is 4.92. The van der Waals surface area contributed by atoms with Crippen LogP contribution in [-0.2, 0) is 4.79 Å². The molecule has 3 heteroatoms. The molecular formula is C13H14FNO. The van der Waals surface area contributed by atoms with E-state index in [9.17, 15) is 9.18 Å². The van der Waals surface area contributed by atoms with Gasteiger partial charge in [-0.1, -0.05) is 0 Å². The Morgan fingerprint density at radius 1 is 1.12 bits per heavy atom. The normalized spacial score (nSPS) is 18.8. The Kier molecular flexibility index (Phi) is 3.34. The first-order valence-corrected chi connectivity index (χ1v) is 5.50. The minimum atomic E-state index is -0.257. The lowest BCUT2D eigenvalue weighted by Crippen LogP contribution is -2.09. The second-order valence-corrected chi connectivity index (χ2v) is 3.95. The van der Waals surface area contributed by atoms with Gasteiger partial charge in [0, 0.05) is 23.9 Å². The number of carbonyl (C=O) groups excluding carboxylic acids is 1. The summed E-state index contributed by atoms with van der Waals surface area (Å²) in [6.07, 6.45) is 5.30. The van der Waals surface area contributed by atoms with Crippen LogP contribution in [0.3, 0.4) is 0 Å². The molecule has 0 bridgehead atoms. The standard InChI is InChI=1S/C13H14FNO/c14-11-5-7-12(8-6-11)15-9-10-3-1-2-4-13(10)16/h5-9,15H,1-4H2/b10-9+. The van der Waals surface area contributed by atoms with E-state index < -0.39 is 0 Å². The number of halogens is 1. The molecule has 16 heavy (non-hydrogen) atoms. The van der Waals surface area contributed by atoms with Crippen LogP contribution in [0.15, 0.2) is 36.0 Å². The molecule has 0 atom stereocenters. The van der Waals surface area contributed by atoms with Crippen LogP contribution >= 0.6 is 0 Å². The van der Waals surface area contributed by atoms with Gasteiger partial charge in [-0.05, 0) is 43.5 Å². The first kappa shape index (κ1) is 10.9. The molecule has 0 unspecified atom stereocenters. The molecule has 2 rings (SSSR count). The third-order valence-corrected chi connectivity index (χ3v) is 2.72. The summed E-state index contributed by atoms with van der Waals surface area (Å²) < 4.78 is 12.6. The van der Waals surface area contributed by atoms with Crippen molar-refractivity contribution in [2.45, 2.75) is 25.7 Å². The summed E-state index contributed by atoms with van der Waals surface area (Å²) in [4.78, 5) is 11.5. The maximum Gasteiger partial charge on any atom is 0.160 e. The first-order chi connectivity index (χ1) is 7.75. The zero-order valence-corrected chi connectivity index (χ0v) is 9.00. The van der Waals surface area contributed by atoms with E-state index in [2.05, 4.69) is 5.32 Å². The van der Waals surface area contributed by atoms with Gasteiger partial charge in [0.05, 0.1) is 0 Å². The van der Waals surface area contributed by atoms with Crippen LogP contribution in [-0.4, -0.2) is 5.78 Å². The lowest BCUT2D eigenvalue weighted by atomic mass is 9.94. The number of ketones is 1. The van der Waals surface area contributed by atoms with Gasteiger partial charge in [-0.3, -0.25) is 4.79 Å². The van der Waals surface area contributed by atoms with Gasteiger partial charge in [0.2, 0.25) is 0 Å². The van der Waals surface area contributed by atoms with Crippen LogP contribution in [0, 0.1) is 5.82 Å². The fraction of sp³-hybridized carbons (Fsp3) is 0.308. The van der Waals surface area contributed by atoms with Gasteiger partial charge in [0.25, 0.3) is 0 Å². The van der Waals surface area contributed by atoms with E-state index in [0.29, 0.717) is 6.42 Å². The van der Waals surface area contributed by atoms with Gasteiger partial charge in [-0.25, -0.2) is 4.39 Å². The Hall–Kier alpha value is -1.64. The molecule has 1 aliphatic rings. The highest BCUT2D eigenvalue weighted by Crippen LogP contribution is 2.20. The maximum atomic E-state index is 12.6. The van der Waals surface area contributed by atoms with Crippen molar-refractivity contribution in [3.63, 3.8) is 0 Å². The van der Waals surface area contributed by atoms with Gasteiger partial charge in [0.1, 0.15) is 5.82 Å². The molecular weight excluding hydrogens is 205 g/mol. The fourth-order valence-electron chi connectivity index (χ4n) is 1.77. The molecule has 1 saturated carbocycles. The summed E-state index contributed by atoms with van der Waals surface area (Å²) in [5.74, 6) is -0.0344. The van der Waals surface area contributed by atoms with E-state index in [1.54, 1.807) is 18.3 Å². The number of allylic oxidation sites excluding steroid dienone is 1. The van der Waals surface area contributed by atoms with Crippen LogP contribution in [0.5, 0.6) is 0 Å². The molecule has 1 aromatic rings. The number of Topliss-reactive ketones (excluding diaryl/α,β-unsaturated/α-hetero) is 1. The number of carbonyl (C=O) groups is 1. The van der Waals surface area contributed by atoms with Gasteiger partial charge < -0.3 is 5.32 Å². The molecule has 0 spiro atoms. The Labute approximate surface area is 94.2 Å². The topological polar surface area (TPSA) is 29.1 Å². The number of benzene rings is 1. The first-order valence-electron chi connectivity index (χ1n) is 5.50. The molecule has 0 aromatic heterocycles. The van der Waals surface area contributed by atoms with E-state index >= 15 is 0 Å². The highest BCUT2D eigenvalue weighted by Gasteiger charge is 2.14. The predicted octanol–water partition coefficient (Wildman–Crippen LogP) is 3.26. The number of rotatable bonds is 2. The van der Waals surface area contributed by atoms with Crippen molar-refractivity contribution in [2.75, 3.05) is 5.32 Å². The summed E-state index contributed by atoms with van der Waals surface area (Å²) in [5, 5.41) is 3.02. The Morgan fingerprint density at radius 2 is 1.81 bits per heavy atom. The third kappa shape index (κ3) is 2.69. The zero-order chi connectivity index (χ0) is 11.4. The van der Waals surface area contributed by atoms with E-state index in [1.807, 2.05) is 0 Å². The second-order valence-electron chi connectivity index (χ2n) is 3.95. The van der Waals surface area contributed by atoms with Gasteiger partial charge in [-0.2, -0.15) is 0 Å². The average Bonchev–Trinajstić information content (AvgIpc) is 2.30. The van der Waals surface area contributed by atoms with Crippen LogP contribution in [0.25, 0.3) is 0 Å². The lowest BCUT2D eigenvalue weighted by Gasteiger charge is -2.12. The Bertz CT molecular complexity index is 408. The molecule has 0 saturated heterocycles. The van der Waals surface area contributed by atoms with Crippen molar-refractivity contribution in [3.8, 4) is 0 Å². The van der Waals surface area contributed by atoms with Crippen LogP contribution in [0.1, 0.15) is 25.7 Å². The third-order valence-electron chi connectivity index (χ3n) is 2.72. The summed E-state index contributed by atoms with van der Waals surface area (Å²) >= 11 is 0. The average molecular weight is 219 g/mol. The molecule has 0 radical (unpaired) electrons. The highest BCUT2D eigenvalue weighted by molar-refractivity contribution is 5.96. The fourth-order valence-corrected chi connectivity index (χ4v) is 1.77. The van der Waals surface area contributed by atoms with Crippen LogP contribution in [0.2, 0.25) is 0 Å². The van der Waals surface area contributed by atoms with E-state index in [-0.39, 0.29) is 11.6 Å². The Morgan fingerprint density at radius 3 is 2.50 bits per heavy atom. The number of nitrogens with one attached hydrogen (secondary N) is 1. The smallest absolute Gasteiger partial charge is 0.160 e. The van der Waals surface area contributed by atoms with Gasteiger partial charge >= 0.3 is 0 Å². The molecule has 1 fully saturated rings. The lowest BCUT2D eigenvalue weighted by molar-refractivity contribution is -0.116. The van der Waals surface area contributed by atoms with E-state index in [4.69, 9.17) is 0 Å². The van der Waals surface area contributed by atoms with Crippen LogP contribution in [0.4, 0.5) is 10.1 Å². The molecule has 2 nitrogen and oxygen atoms in total. The molecule has 0 heterocycles. The monoisotopic (exact) mass is 219 g/mol. The summed E-state index contributed by atoms with van der Waals surface area (Å²) in [5.41, 5.74) is 1.64. The van der Waals surface area contributed by atoms with Crippen molar-refractivity contribution in [3.05, 3.63) is 41.9 Å². The van der Waals surface area contributed by atoms with Gasteiger partial charge in [-0.15, -0.1) is 0 Å².